The van der Waals surface area contributed by atoms with Crippen molar-refractivity contribution >= 4 is 27.3 Å². The van der Waals surface area contributed by atoms with Crippen molar-refractivity contribution in [2.45, 2.75) is 0 Å². The minimum atomic E-state index is 0. The van der Waals surface area contributed by atoms with Crippen LogP contribution in [0, 0.1) is 0 Å². The Morgan fingerprint density at radius 1 is 1.67 bits per heavy atom. The van der Waals surface area contributed by atoms with Crippen LogP contribution in [0.5, 0.6) is 0 Å². The van der Waals surface area contributed by atoms with E-state index >= 15 is 0 Å². The summed E-state index contributed by atoms with van der Waals surface area (Å²) in [6, 6.07) is 0. The fourth-order valence-corrected chi connectivity index (χ4v) is 0.0913. The maximum atomic E-state index is 7.94. The summed E-state index contributed by atoms with van der Waals surface area (Å²) in [6.45, 7) is 0.566. The number of aliphatic hydroxyl groups excluding tert-OH is 1. The van der Waals surface area contributed by atoms with E-state index in [2.05, 4.69) is 4.74 Å². The average molecular weight is 283 g/mol. The number of aliphatic hydroxyl groups is 1. The van der Waals surface area contributed by atoms with Gasteiger partial charge in [-0.3, -0.25) is 0 Å². The smallest absolute Gasteiger partial charge is 0.0693 e. The van der Waals surface area contributed by atoms with Crippen molar-refractivity contribution in [3.05, 3.63) is 0 Å². The first-order chi connectivity index (χ1) is 2.41. The van der Waals surface area contributed by atoms with E-state index in [-0.39, 0.29) is 33.9 Å². The predicted octanol–water partition coefficient (Wildman–Crippen LogP) is -0.756. The van der Waals surface area contributed by atoms with Gasteiger partial charge in [0.2, 0.25) is 0 Å². The minimum Gasteiger partial charge on any atom is -0.394 e. The number of hydrogen-bond acceptors (Lipinski definition) is 2. The van der Waals surface area contributed by atoms with E-state index in [1.165, 1.54) is 0 Å². The molecule has 0 aromatic carbocycles. The minimum absolute atomic E-state index is 0. The first-order valence-electron chi connectivity index (χ1n) is 1.51. The molecule has 4 radical (unpaired) electrons. The van der Waals surface area contributed by atoms with Crippen LogP contribution in [-0.2, 0) is 4.74 Å². The van der Waals surface area contributed by atoms with Crippen LogP contribution < -0.4 is 0 Å². The number of hydrogen-bond donors (Lipinski definition) is 1. The van der Waals surface area contributed by atoms with Crippen LogP contribution in [0.3, 0.4) is 0 Å². The van der Waals surface area contributed by atoms with E-state index in [1.54, 1.807) is 7.11 Å². The van der Waals surface area contributed by atoms with Crippen LogP contribution in [0.25, 0.3) is 0 Å². The standard InChI is InChI=1S/C3H8O2.Pb/c1-5-3-2-4;/h4H,2-3H2,1H3;. The topological polar surface area (TPSA) is 29.5 Å². The van der Waals surface area contributed by atoms with Crippen molar-refractivity contribution in [3.8, 4) is 0 Å². The molecule has 3 heteroatoms. The zero-order chi connectivity index (χ0) is 4.12. The summed E-state index contributed by atoms with van der Waals surface area (Å²) < 4.78 is 4.44. The molecule has 6 heavy (non-hydrogen) atoms. The summed E-state index contributed by atoms with van der Waals surface area (Å²) >= 11 is 0. The third kappa shape index (κ3) is 8.85. The number of ether oxygens (including phenoxy) is 1. The Hall–Kier alpha value is 0.842. The third-order valence-electron chi connectivity index (χ3n) is 0.295. The Morgan fingerprint density at radius 2 is 2.17 bits per heavy atom. The summed E-state index contributed by atoms with van der Waals surface area (Å²) in [4.78, 5) is 0. The molecule has 0 rings (SSSR count). The van der Waals surface area contributed by atoms with E-state index in [1.807, 2.05) is 0 Å². The first kappa shape index (κ1) is 9.96. The van der Waals surface area contributed by atoms with Gasteiger partial charge in [0.25, 0.3) is 0 Å². The van der Waals surface area contributed by atoms with Crippen LogP contribution in [0.2, 0.25) is 0 Å². The fourth-order valence-electron chi connectivity index (χ4n) is 0.0913. The average Bonchev–Trinajstić information content (AvgIpc) is 1.41. The molecule has 0 aliphatic rings. The van der Waals surface area contributed by atoms with Crippen LogP contribution >= 0.6 is 0 Å². The van der Waals surface area contributed by atoms with Gasteiger partial charge in [0.15, 0.2) is 0 Å². The Morgan fingerprint density at radius 3 is 2.17 bits per heavy atom. The van der Waals surface area contributed by atoms with Crippen molar-refractivity contribution < 1.29 is 9.84 Å². The maximum Gasteiger partial charge on any atom is 0.0693 e. The Balaban J connectivity index is 0. The van der Waals surface area contributed by atoms with E-state index in [4.69, 9.17) is 5.11 Å². The summed E-state index contributed by atoms with van der Waals surface area (Å²) in [7, 11) is 1.55. The molecule has 0 aliphatic carbocycles. The summed E-state index contributed by atoms with van der Waals surface area (Å²) in [6.07, 6.45) is 0. The quantitative estimate of drug-likeness (QED) is 0.676. The molecule has 0 amide bonds. The Labute approximate surface area is 57.7 Å². The van der Waals surface area contributed by atoms with Crippen LogP contribution in [0.1, 0.15) is 0 Å². The summed E-state index contributed by atoms with van der Waals surface area (Å²) in [5, 5.41) is 7.94. The van der Waals surface area contributed by atoms with Crippen molar-refractivity contribution in [3.63, 3.8) is 0 Å². The van der Waals surface area contributed by atoms with Gasteiger partial charge >= 0.3 is 0 Å². The van der Waals surface area contributed by atoms with Gasteiger partial charge in [-0.05, 0) is 0 Å². The molecule has 36 valence electrons. The molecule has 0 aliphatic heterocycles. The molecule has 1 N–H and O–H groups in total. The molecule has 0 aromatic heterocycles. The van der Waals surface area contributed by atoms with E-state index in [0.29, 0.717) is 6.61 Å². The van der Waals surface area contributed by atoms with E-state index in [9.17, 15) is 0 Å². The van der Waals surface area contributed by atoms with Gasteiger partial charge < -0.3 is 9.84 Å². The second-order valence-electron chi connectivity index (χ2n) is 0.716. The maximum absolute atomic E-state index is 7.94. The molecule has 0 bridgehead atoms. The molecule has 0 spiro atoms. The van der Waals surface area contributed by atoms with Crippen LogP contribution in [-0.4, -0.2) is 52.7 Å². The van der Waals surface area contributed by atoms with Gasteiger partial charge in [0.1, 0.15) is 0 Å². The Kier molecular flexibility index (Phi) is 15.4. The molecule has 2 nitrogen and oxygen atoms in total. The van der Waals surface area contributed by atoms with Gasteiger partial charge in [-0.15, -0.1) is 0 Å². The second-order valence-corrected chi connectivity index (χ2v) is 0.716. The van der Waals surface area contributed by atoms with Gasteiger partial charge in [-0.25, -0.2) is 0 Å². The summed E-state index contributed by atoms with van der Waals surface area (Å²) in [5.74, 6) is 0. The fraction of sp³-hybridized carbons (Fsp3) is 1.00. The molecule has 0 unspecified atom stereocenters. The number of rotatable bonds is 2. The SMILES string of the molecule is COCCO.[Pb]. The van der Waals surface area contributed by atoms with Crippen molar-refractivity contribution in [1.82, 2.24) is 0 Å². The van der Waals surface area contributed by atoms with Gasteiger partial charge in [0.05, 0.1) is 13.2 Å². The van der Waals surface area contributed by atoms with Gasteiger partial charge in [-0.2, -0.15) is 0 Å². The zero-order valence-corrected chi connectivity index (χ0v) is 7.66. The molecule has 0 fully saturated rings. The Bertz CT molecular complexity index is 16.3. The normalized spacial score (nSPS) is 7.00. The molecular formula is C3H8O2Pb. The molecule has 0 saturated heterocycles. The molecule has 0 heterocycles. The summed E-state index contributed by atoms with van der Waals surface area (Å²) in [5.41, 5.74) is 0. The van der Waals surface area contributed by atoms with Crippen molar-refractivity contribution in [1.29, 1.82) is 0 Å². The van der Waals surface area contributed by atoms with Gasteiger partial charge in [-0.1, -0.05) is 0 Å². The van der Waals surface area contributed by atoms with Gasteiger partial charge in [0, 0.05) is 34.4 Å². The van der Waals surface area contributed by atoms with Crippen LogP contribution in [0.15, 0.2) is 0 Å². The first-order valence-corrected chi connectivity index (χ1v) is 1.51. The van der Waals surface area contributed by atoms with Crippen molar-refractivity contribution in [2.24, 2.45) is 0 Å². The largest absolute Gasteiger partial charge is 0.394 e. The van der Waals surface area contributed by atoms with E-state index in [0.717, 1.165) is 0 Å². The van der Waals surface area contributed by atoms with Crippen LogP contribution in [0.4, 0.5) is 0 Å². The monoisotopic (exact) mass is 284 g/mol. The third-order valence-corrected chi connectivity index (χ3v) is 0.295. The predicted molar refractivity (Wildman–Crippen MR) is 24.7 cm³/mol. The molecule has 0 aromatic rings. The molecule has 0 atom stereocenters. The number of methoxy groups -OCH3 is 1. The molecular weight excluding hydrogens is 275 g/mol. The zero-order valence-electron chi connectivity index (χ0n) is 3.77. The second kappa shape index (κ2) is 9.28. The molecule has 0 saturated carbocycles. The van der Waals surface area contributed by atoms with E-state index < -0.39 is 0 Å². The van der Waals surface area contributed by atoms with Crippen molar-refractivity contribution in [2.75, 3.05) is 20.3 Å².